The molecular weight excluding hydrogens is 238 g/mol. The summed E-state index contributed by atoms with van der Waals surface area (Å²) in [5.74, 6) is 0.948. The second-order valence-electron chi connectivity index (χ2n) is 3.53. The van der Waals surface area contributed by atoms with Gasteiger partial charge in [0, 0.05) is 10.5 Å². The van der Waals surface area contributed by atoms with E-state index in [1.165, 1.54) is 14.2 Å². The fraction of sp³-hybridized carbons (Fsp3) is 0.455. The maximum Gasteiger partial charge on any atom is 0.125 e. The van der Waals surface area contributed by atoms with Gasteiger partial charge in [0.15, 0.2) is 0 Å². The van der Waals surface area contributed by atoms with E-state index in [2.05, 4.69) is 10.0 Å². The Kier molecular flexibility index (Phi) is 5.26. The minimum absolute atomic E-state index is 0.224. The molecule has 0 amide bonds. The summed E-state index contributed by atoms with van der Waals surface area (Å²) in [4.78, 5) is 2.53. The van der Waals surface area contributed by atoms with E-state index >= 15 is 0 Å². The van der Waals surface area contributed by atoms with Crippen LogP contribution >= 0.6 is 0 Å². The number of benzene rings is 1. The first-order chi connectivity index (χ1) is 8.63. The first kappa shape index (κ1) is 14.1. The van der Waals surface area contributed by atoms with Crippen LogP contribution in [0, 0.1) is 0 Å². The number of aliphatic hydroxyl groups is 2. The van der Waals surface area contributed by atoms with Crippen LogP contribution in [0.2, 0.25) is 0 Å². The third-order valence-corrected chi connectivity index (χ3v) is 2.45. The maximum atomic E-state index is 9.98. The molecule has 0 saturated carbocycles. The van der Waals surface area contributed by atoms with E-state index in [1.807, 2.05) is 0 Å². The molecule has 7 heteroatoms. The van der Waals surface area contributed by atoms with Crippen molar-refractivity contribution in [3.8, 4) is 11.5 Å². The molecule has 0 radical (unpaired) electrons. The predicted molar refractivity (Wildman–Crippen MR) is 64.5 cm³/mol. The number of ether oxygens (including phenoxy) is 2. The van der Waals surface area contributed by atoms with E-state index in [1.54, 1.807) is 18.2 Å². The standard InChI is InChI=1S/C11H15N3O4/c1-17-7-3-4-10(18-2)8(5-7)11(16)9(15)6-13-14-12/h3-5,9,11,15-16H,6H2,1-2H3. The first-order valence-corrected chi connectivity index (χ1v) is 5.23. The quantitative estimate of drug-likeness (QED) is 0.454. The van der Waals surface area contributed by atoms with E-state index in [0.717, 1.165) is 0 Å². The predicted octanol–water partition coefficient (Wildman–Crippen LogP) is 1.41. The minimum atomic E-state index is -1.22. The van der Waals surface area contributed by atoms with Crippen LogP contribution in [-0.4, -0.2) is 37.1 Å². The SMILES string of the molecule is COc1ccc(OC)c(C(O)C(O)CN=[N+]=[N-])c1. The van der Waals surface area contributed by atoms with Crippen molar-refractivity contribution in [2.24, 2.45) is 5.11 Å². The van der Waals surface area contributed by atoms with Crippen LogP contribution in [0.25, 0.3) is 10.4 Å². The zero-order valence-corrected chi connectivity index (χ0v) is 10.1. The molecule has 0 aliphatic heterocycles. The molecule has 98 valence electrons. The van der Waals surface area contributed by atoms with Crippen LogP contribution in [0.3, 0.4) is 0 Å². The number of hydrogen-bond acceptors (Lipinski definition) is 5. The van der Waals surface area contributed by atoms with Crippen LogP contribution in [0.15, 0.2) is 23.3 Å². The molecule has 0 saturated heterocycles. The summed E-state index contributed by atoms with van der Waals surface area (Å²) in [6.07, 6.45) is -2.43. The Morgan fingerprint density at radius 2 is 2.06 bits per heavy atom. The number of aliphatic hydroxyl groups excluding tert-OH is 2. The lowest BCUT2D eigenvalue weighted by Crippen LogP contribution is -2.21. The van der Waals surface area contributed by atoms with Gasteiger partial charge in [-0.3, -0.25) is 0 Å². The average Bonchev–Trinajstić information content (AvgIpc) is 2.43. The number of hydrogen-bond donors (Lipinski definition) is 2. The van der Waals surface area contributed by atoms with Gasteiger partial charge >= 0.3 is 0 Å². The van der Waals surface area contributed by atoms with Gasteiger partial charge in [0.1, 0.15) is 17.6 Å². The average molecular weight is 253 g/mol. The van der Waals surface area contributed by atoms with Gasteiger partial charge in [0.2, 0.25) is 0 Å². The molecule has 0 aliphatic carbocycles. The van der Waals surface area contributed by atoms with Gasteiger partial charge in [0.25, 0.3) is 0 Å². The highest BCUT2D eigenvalue weighted by Crippen LogP contribution is 2.31. The summed E-state index contributed by atoms with van der Waals surface area (Å²) >= 11 is 0. The van der Waals surface area contributed by atoms with E-state index in [-0.39, 0.29) is 6.54 Å². The monoisotopic (exact) mass is 253 g/mol. The van der Waals surface area contributed by atoms with Crippen LogP contribution in [-0.2, 0) is 0 Å². The van der Waals surface area contributed by atoms with Crippen molar-refractivity contribution in [3.63, 3.8) is 0 Å². The molecule has 0 aromatic heterocycles. The van der Waals surface area contributed by atoms with Gasteiger partial charge in [0.05, 0.1) is 26.9 Å². The molecule has 2 unspecified atom stereocenters. The highest BCUT2D eigenvalue weighted by atomic mass is 16.5. The summed E-state index contributed by atoms with van der Waals surface area (Å²) < 4.78 is 10.1. The molecule has 1 rings (SSSR count). The molecule has 0 aliphatic rings. The van der Waals surface area contributed by atoms with E-state index in [4.69, 9.17) is 15.0 Å². The maximum absolute atomic E-state index is 9.98. The summed E-state index contributed by atoms with van der Waals surface area (Å²) in [5.41, 5.74) is 8.54. The van der Waals surface area contributed by atoms with Crippen molar-refractivity contribution >= 4 is 0 Å². The molecule has 0 spiro atoms. The highest BCUT2D eigenvalue weighted by Gasteiger charge is 2.21. The Labute approximate surface area is 104 Å². The van der Waals surface area contributed by atoms with Crippen LogP contribution in [0.5, 0.6) is 11.5 Å². The zero-order chi connectivity index (χ0) is 13.5. The van der Waals surface area contributed by atoms with Crippen molar-refractivity contribution < 1.29 is 19.7 Å². The third kappa shape index (κ3) is 3.27. The Bertz CT molecular complexity index is 446. The molecule has 1 aromatic carbocycles. The fourth-order valence-electron chi connectivity index (χ4n) is 1.50. The number of azide groups is 1. The molecule has 0 heterocycles. The van der Waals surface area contributed by atoms with Crippen molar-refractivity contribution in [1.29, 1.82) is 0 Å². The molecule has 2 atom stereocenters. The number of nitrogens with zero attached hydrogens (tertiary/aromatic N) is 3. The summed E-state index contributed by atoms with van der Waals surface area (Å²) in [6, 6.07) is 4.86. The second-order valence-corrected chi connectivity index (χ2v) is 3.53. The first-order valence-electron chi connectivity index (χ1n) is 5.23. The zero-order valence-electron chi connectivity index (χ0n) is 10.1. The number of methoxy groups -OCH3 is 2. The highest BCUT2D eigenvalue weighted by molar-refractivity contribution is 5.42. The molecular formula is C11H15N3O4. The smallest absolute Gasteiger partial charge is 0.125 e. The van der Waals surface area contributed by atoms with Crippen molar-refractivity contribution in [2.75, 3.05) is 20.8 Å². The third-order valence-electron chi connectivity index (χ3n) is 2.45. The Morgan fingerprint density at radius 3 is 2.61 bits per heavy atom. The van der Waals surface area contributed by atoms with Crippen molar-refractivity contribution in [1.82, 2.24) is 0 Å². The fourth-order valence-corrected chi connectivity index (χ4v) is 1.50. The molecule has 2 N–H and O–H groups in total. The van der Waals surface area contributed by atoms with Gasteiger partial charge in [-0.15, -0.1) is 0 Å². The normalized spacial score (nSPS) is 13.3. The molecule has 7 nitrogen and oxygen atoms in total. The van der Waals surface area contributed by atoms with Crippen LogP contribution < -0.4 is 9.47 Å². The van der Waals surface area contributed by atoms with E-state index in [9.17, 15) is 10.2 Å². The lowest BCUT2D eigenvalue weighted by atomic mass is 10.0. The van der Waals surface area contributed by atoms with Gasteiger partial charge in [-0.2, -0.15) is 0 Å². The Morgan fingerprint density at radius 1 is 1.33 bits per heavy atom. The molecule has 0 bridgehead atoms. The molecule has 1 aromatic rings. The van der Waals surface area contributed by atoms with Crippen LogP contribution in [0.4, 0.5) is 0 Å². The largest absolute Gasteiger partial charge is 0.497 e. The van der Waals surface area contributed by atoms with Gasteiger partial charge < -0.3 is 19.7 Å². The lowest BCUT2D eigenvalue weighted by molar-refractivity contribution is 0.0229. The van der Waals surface area contributed by atoms with Crippen molar-refractivity contribution in [2.45, 2.75) is 12.2 Å². The van der Waals surface area contributed by atoms with Gasteiger partial charge in [-0.05, 0) is 23.7 Å². The molecule has 0 fully saturated rings. The molecule has 18 heavy (non-hydrogen) atoms. The van der Waals surface area contributed by atoms with Gasteiger partial charge in [-0.25, -0.2) is 0 Å². The Hall–Kier alpha value is -1.95. The summed E-state index contributed by atoms with van der Waals surface area (Å²) in [6.45, 7) is -0.224. The summed E-state index contributed by atoms with van der Waals surface area (Å²) in [5, 5.41) is 22.9. The van der Waals surface area contributed by atoms with Gasteiger partial charge in [-0.1, -0.05) is 5.11 Å². The van der Waals surface area contributed by atoms with E-state index in [0.29, 0.717) is 17.1 Å². The second kappa shape index (κ2) is 6.70. The lowest BCUT2D eigenvalue weighted by Gasteiger charge is -2.19. The van der Waals surface area contributed by atoms with Crippen molar-refractivity contribution in [3.05, 3.63) is 34.2 Å². The minimum Gasteiger partial charge on any atom is -0.497 e. The topological polar surface area (TPSA) is 108 Å². The Balaban J connectivity index is 3.01. The van der Waals surface area contributed by atoms with E-state index < -0.39 is 12.2 Å². The number of rotatable bonds is 6. The van der Waals surface area contributed by atoms with Crippen LogP contribution in [0.1, 0.15) is 11.7 Å². The summed E-state index contributed by atoms with van der Waals surface area (Å²) in [7, 11) is 2.95.